The summed E-state index contributed by atoms with van der Waals surface area (Å²) < 4.78 is 26.7. The van der Waals surface area contributed by atoms with Crippen LogP contribution in [0, 0.1) is 11.6 Å². The number of fused-ring (bicyclic) bond motifs is 1. The van der Waals surface area contributed by atoms with Crippen molar-refractivity contribution >= 4 is 23.5 Å². The number of urea groups is 1. The number of benzene rings is 2. The number of rotatable bonds is 3. The summed E-state index contributed by atoms with van der Waals surface area (Å²) in [6.45, 7) is -0.551. The van der Waals surface area contributed by atoms with E-state index >= 15 is 0 Å². The number of hydrogen-bond acceptors (Lipinski definition) is 3. The standard InChI is InChI=1S/C20H17F2N3O3/c21-14-5-6-16(15(22)9-14)23-17(26)11-25-18(27)20(24-19(25)28)8-7-12-3-1-2-4-13(12)10-20/h1-6,9H,7-8,10-11H2,(H,23,26)(H,24,28). The highest BCUT2D eigenvalue weighted by molar-refractivity contribution is 6.10. The van der Waals surface area contributed by atoms with Gasteiger partial charge in [0.1, 0.15) is 23.7 Å². The first-order valence-electron chi connectivity index (χ1n) is 8.84. The Morgan fingerprint density at radius 2 is 1.89 bits per heavy atom. The molecule has 28 heavy (non-hydrogen) atoms. The SMILES string of the molecule is O=C(CN1C(=O)NC2(CCc3ccccc3C2)C1=O)Nc1ccc(F)cc1F. The van der Waals surface area contributed by atoms with Crippen LogP contribution in [0.2, 0.25) is 0 Å². The number of imide groups is 1. The van der Waals surface area contributed by atoms with Crippen LogP contribution in [0.4, 0.5) is 19.3 Å². The maximum atomic E-state index is 13.7. The van der Waals surface area contributed by atoms with Gasteiger partial charge >= 0.3 is 6.03 Å². The lowest BCUT2D eigenvalue weighted by Gasteiger charge is -2.32. The fraction of sp³-hybridized carbons (Fsp3) is 0.250. The highest BCUT2D eigenvalue weighted by Gasteiger charge is 2.52. The summed E-state index contributed by atoms with van der Waals surface area (Å²) in [5, 5.41) is 4.99. The second-order valence-corrected chi connectivity index (χ2v) is 7.02. The Hall–Kier alpha value is -3.29. The number of nitrogens with zero attached hydrogens (tertiary/aromatic N) is 1. The minimum absolute atomic E-state index is 0.222. The highest BCUT2D eigenvalue weighted by Crippen LogP contribution is 2.33. The fourth-order valence-corrected chi connectivity index (χ4v) is 3.77. The first-order valence-corrected chi connectivity index (χ1v) is 8.84. The van der Waals surface area contributed by atoms with Gasteiger partial charge in [0.2, 0.25) is 5.91 Å². The van der Waals surface area contributed by atoms with Gasteiger partial charge in [0.15, 0.2) is 0 Å². The van der Waals surface area contributed by atoms with Crippen molar-refractivity contribution < 1.29 is 23.2 Å². The van der Waals surface area contributed by atoms with Crippen LogP contribution in [0.25, 0.3) is 0 Å². The van der Waals surface area contributed by atoms with Gasteiger partial charge in [-0.25, -0.2) is 13.6 Å². The summed E-state index contributed by atoms with van der Waals surface area (Å²) in [6, 6.07) is 9.78. The Morgan fingerprint density at radius 1 is 1.14 bits per heavy atom. The second kappa shape index (κ2) is 6.70. The van der Waals surface area contributed by atoms with Crippen molar-refractivity contribution in [3.05, 3.63) is 65.2 Å². The number of aryl methyl sites for hydroxylation is 1. The van der Waals surface area contributed by atoms with Gasteiger partial charge in [0, 0.05) is 12.5 Å². The molecule has 0 bridgehead atoms. The zero-order valence-corrected chi connectivity index (χ0v) is 14.8. The Kier molecular flexibility index (Phi) is 4.33. The van der Waals surface area contributed by atoms with Crippen LogP contribution in [0.15, 0.2) is 42.5 Å². The summed E-state index contributed by atoms with van der Waals surface area (Å²) in [5.74, 6) is -2.93. The molecule has 1 atom stereocenters. The monoisotopic (exact) mass is 385 g/mol. The van der Waals surface area contributed by atoms with Crippen LogP contribution in [0.5, 0.6) is 0 Å². The Bertz CT molecular complexity index is 994. The van der Waals surface area contributed by atoms with Crippen LogP contribution in [-0.2, 0) is 22.4 Å². The van der Waals surface area contributed by atoms with E-state index in [2.05, 4.69) is 10.6 Å². The van der Waals surface area contributed by atoms with Crippen molar-refractivity contribution in [2.24, 2.45) is 0 Å². The minimum Gasteiger partial charge on any atom is -0.323 e. The molecule has 1 spiro atoms. The molecule has 144 valence electrons. The molecule has 2 aromatic carbocycles. The predicted octanol–water partition coefficient (Wildman–Crippen LogP) is 2.38. The molecule has 0 saturated carbocycles. The molecule has 4 rings (SSSR count). The predicted molar refractivity (Wildman–Crippen MR) is 96.4 cm³/mol. The molecule has 0 aromatic heterocycles. The summed E-state index contributed by atoms with van der Waals surface area (Å²) in [4.78, 5) is 38.4. The maximum absolute atomic E-state index is 13.7. The van der Waals surface area contributed by atoms with E-state index < -0.39 is 41.6 Å². The number of halogens is 2. The van der Waals surface area contributed by atoms with Gasteiger partial charge in [-0.1, -0.05) is 24.3 Å². The molecule has 0 radical (unpaired) electrons. The Balaban J connectivity index is 1.48. The zero-order valence-electron chi connectivity index (χ0n) is 14.8. The molecule has 1 unspecified atom stereocenters. The lowest BCUT2D eigenvalue weighted by Crippen LogP contribution is -2.51. The van der Waals surface area contributed by atoms with Crippen LogP contribution < -0.4 is 10.6 Å². The maximum Gasteiger partial charge on any atom is 0.325 e. The first kappa shape index (κ1) is 18.1. The lowest BCUT2D eigenvalue weighted by molar-refractivity contribution is -0.134. The van der Waals surface area contributed by atoms with Crippen LogP contribution in [-0.4, -0.2) is 34.8 Å². The number of carbonyl (C=O) groups is 3. The molecule has 1 fully saturated rings. The normalized spacial score (nSPS) is 20.9. The third-order valence-electron chi connectivity index (χ3n) is 5.18. The summed E-state index contributed by atoms with van der Waals surface area (Å²) >= 11 is 0. The molecule has 2 aliphatic rings. The molecule has 8 heteroatoms. The van der Waals surface area contributed by atoms with Gasteiger partial charge in [-0.05, 0) is 36.1 Å². The molecule has 2 aromatic rings. The fourth-order valence-electron chi connectivity index (χ4n) is 3.77. The largest absolute Gasteiger partial charge is 0.325 e. The third kappa shape index (κ3) is 3.11. The van der Waals surface area contributed by atoms with Crippen molar-refractivity contribution in [1.29, 1.82) is 0 Å². The zero-order chi connectivity index (χ0) is 19.9. The van der Waals surface area contributed by atoms with Crippen LogP contribution >= 0.6 is 0 Å². The third-order valence-corrected chi connectivity index (χ3v) is 5.18. The average molecular weight is 385 g/mol. The Labute approximate surface area is 159 Å². The van der Waals surface area contributed by atoms with Crippen LogP contribution in [0.1, 0.15) is 17.5 Å². The van der Waals surface area contributed by atoms with Gasteiger partial charge < -0.3 is 10.6 Å². The smallest absolute Gasteiger partial charge is 0.323 e. The van der Waals surface area contributed by atoms with E-state index in [1.165, 1.54) is 0 Å². The van der Waals surface area contributed by atoms with Crippen molar-refractivity contribution in [2.75, 3.05) is 11.9 Å². The number of amides is 4. The van der Waals surface area contributed by atoms with Gasteiger partial charge in [0.05, 0.1) is 5.69 Å². The minimum atomic E-state index is -1.06. The second-order valence-electron chi connectivity index (χ2n) is 7.02. The van der Waals surface area contributed by atoms with Crippen molar-refractivity contribution in [2.45, 2.75) is 24.8 Å². The molecule has 6 nitrogen and oxygen atoms in total. The molecule has 2 N–H and O–H groups in total. The number of nitrogens with one attached hydrogen (secondary N) is 2. The number of carbonyl (C=O) groups excluding carboxylic acids is 3. The summed E-state index contributed by atoms with van der Waals surface area (Å²) in [7, 11) is 0. The molecule has 1 aliphatic heterocycles. The molecule has 1 aliphatic carbocycles. The molecule has 1 heterocycles. The molecule has 1 saturated heterocycles. The van der Waals surface area contributed by atoms with Crippen LogP contribution in [0.3, 0.4) is 0 Å². The van der Waals surface area contributed by atoms with E-state index in [9.17, 15) is 23.2 Å². The quantitative estimate of drug-likeness (QED) is 0.797. The molecular formula is C20H17F2N3O3. The van der Waals surface area contributed by atoms with E-state index in [1.807, 2.05) is 24.3 Å². The van der Waals surface area contributed by atoms with Crippen molar-refractivity contribution in [3.63, 3.8) is 0 Å². The topological polar surface area (TPSA) is 78.5 Å². The van der Waals surface area contributed by atoms with E-state index in [-0.39, 0.29) is 5.69 Å². The number of anilines is 1. The lowest BCUT2D eigenvalue weighted by atomic mass is 9.78. The van der Waals surface area contributed by atoms with E-state index in [0.29, 0.717) is 25.3 Å². The van der Waals surface area contributed by atoms with Gasteiger partial charge in [-0.2, -0.15) is 0 Å². The summed E-state index contributed by atoms with van der Waals surface area (Å²) in [5.41, 5.74) is 0.840. The first-order chi connectivity index (χ1) is 13.4. The van der Waals surface area contributed by atoms with Gasteiger partial charge in [0.25, 0.3) is 5.91 Å². The van der Waals surface area contributed by atoms with E-state index in [1.54, 1.807) is 0 Å². The number of hydrogen-bond donors (Lipinski definition) is 2. The molecular weight excluding hydrogens is 368 g/mol. The average Bonchev–Trinajstić information content (AvgIpc) is 2.88. The van der Waals surface area contributed by atoms with Crippen molar-refractivity contribution in [1.82, 2.24) is 10.2 Å². The van der Waals surface area contributed by atoms with Gasteiger partial charge in [-0.15, -0.1) is 0 Å². The Morgan fingerprint density at radius 3 is 2.64 bits per heavy atom. The van der Waals surface area contributed by atoms with E-state index in [4.69, 9.17) is 0 Å². The van der Waals surface area contributed by atoms with Crippen molar-refractivity contribution in [3.8, 4) is 0 Å². The highest BCUT2D eigenvalue weighted by atomic mass is 19.1. The van der Waals surface area contributed by atoms with Gasteiger partial charge in [-0.3, -0.25) is 14.5 Å². The summed E-state index contributed by atoms with van der Waals surface area (Å²) in [6.07, 6.45) is 1.45. The molecule has 4 amide bonds. The van der Waals surface area contributed by atoms with E-state index in [0.717, 1.165) is 28.2 Å².